The molecule has 2 amide bonds. The average molecular weight is 453 g/mol. The first kappa shape index (κ1) is 21.0. The molecule has 7 heteroatoms. The van der Waals surface area contributed by atoms with Crippen molar-refractivity contribution in [1.82, 2.24) is 10.2 Å². The molecule has 1 unspecified atom stereocenters. The number of hydrogen-bond acceptors (Lipinski definition) is 4. The van der Waals surface area contributed by atoms with Gasteiger partial charge in [0.05, 0.1) is 12.6 Å². The van der Waals surface area contributed by atoms with Crippen LogP contribution in [-0.2, 0) is 9.53 Å². The van der Waals surface area contributed by atoms with Crippen LogP contribution in [0.3, 0.4) is 0 Å². The number of carbonyl (C=O) groups is 2. The van der Waals surface area contributed by atoms with Crippen molar-refractivity contribution in [3.8, 4) is 5.75 Å². The van der Waals surface area contributed by atoms with Crippen LogP contribution < -0.4 is 10.1 Å². The summed E-state index contributed by atoms with van der Waals surface area (Å²) in [6, 6.07) is 5.88. The van der Waals surface area contributed by atoms with E-state index in [1.54, 1.807) is 4.90 Å². The summed E-state index contributed by atoms with van der Waals surface area (Å²) in [4.78, 5) is 26.5. The molecule has 0 bridgehead atoms. The van der Waals surface area contributed by atoms with Crippen LogP contribution in [0.25, 0.3) is 0 Å². The van der Waals surface area contributed by atoms with Gasteiger partial charge >= 0.3 is 6.09 Å². The number of rotatable bonds is 3. The van der Waals surface area contributed by atoms with Gasteiger partial charge in [0, 0.05) is 36.0 Å². The summed E-state index contributed by atoms with van der Waals surface area (Å²) in [6.45, 7) is 7.49. The van der Waals surface area contributed by atoms with Gasteiger partial charge in [-0.2, -0.15) is 0 Å². The highest BCUT2D eigenvalue weighted by molar-refractivity contribution is 9.10. The molecule has 1 atom stereocenters. The molecule has 0 saturated carbocycles. The second-order valence-corrected chi connectivity index (χ2v) is 9.47. The number of ether oxygens (including phenoxy) is 2. The SMILES string of the molecule is CC(C)(C)OC(=O)N1CCC(CC(=O)NC2CCOc3ccc(Br)cc32)CC1. The molecule has 1 aromatic carbocycles. The molecule has 1 aromatic rings. The van der Waals surface area contributed by atoms with Gasteiger partial charge in [-0.25, -0.2) is 4.79 Å². The highest BCUT2D eigenvalue weighted by atomic mass is 79.9. The first-order valence-electron chi connectivity index (χ1n) is 9.91. The zero-order valence-electron chi connectivity index (χ0n) is 16.8. The van der Waals surface area contributed by atoms with E-state index in [2.05, 4.69) is 21.2 Å². The van der Waals surface area contributed by atoms with Crippen LogP contribution in [0.2, 0.25) is 0 Å². The van der Waals surface area contributed by atoms with Crippen LogP contribution in [0.5, 0.6) is 5.75 Å². The second-order valence-electron chi connectivity index (χ2n) is 8.55. The number of benzene rings is 1. The molecule has 0 aliphatic carbocycles. The van der Waals surface area contributed by atoms with Gasteiger partial charge in [0.15, 0.2) is 0 Å². The van der Waals surface area contributed by atoms with E-state index in [1.807, 2.05) is 39.0 Å². The molecule has 28 heavy (non-hydrogen) atoms. The first-order chi connectivity index (χ1) is 13.2. The lowest BCUT2D eigenvalue weighted by Crippen LogP contribution is -2.42. The number of nitrogens with zero attached hydrogens (tertiary/aromatic N) is 1. The number of likely N-dealkylation sites (tertiary alicyclic amines) is 1. The summed E-state index contributed by atoms with van der Waals surface area (Å²) in [5, 5.41) is 3.17. The zero-order valence-corrected chi connectivity index (χ0v) is 18.4. The van der Waals surface area contributed by atoms with Crippen molar-refractivity contribution >= 4 is 27.9 Å². The van der Waals surface area contributed by atoms with Crippen molar-refractivity contribution in [1.29, 1.82) is 0 Å². The van der Waals surface area contributed by atoms with Gasteiger partial charge in [0.2, 0.25) is 5.91 Å². The lowest BCUT2D eigenvalue weighted by Gasteiger charge is -2.33. The fourth-order valence-electron chi connectivity index (χ4n) is 3.68. The number of nitrogens with one attached hydrogen (secondary N) is 1. The minimum Gasteiger partial charge on any atom is -0.493 e. The molecule has 0 aromatic heterocycles. The van der Waals surface area contributed by atoms with Crippen LogP contribution in [0.1, 0.15) is 58.1 Å². The lowest BCUT2D eigenvalue weighted by molar-refractivity contribution is -0.123. The monoisotopic (exact) mass is 452 g/mol. The number of amides is 2. The molecule has 2 aliphatic heterocycles. The van der Waals surface area contributed by atoms with Crippen LogP contribution in [-0.4, -0.2) is 42.2 Å². The summed E-state index contributed by atoms with van der Waals surface area (Å²) in [5.74, 6) is 1.19. The second kappa shape index (κ2) is 8.72. The highest BCUT2D eigenvalue weighted by Crippen LogP contribution is 2.34. The predicted octanol–water partition coefficient (Wildman–Crippen LogP) is 4.43. The quantitative estimate of drug-likeness (QED) is 0.736. The maximum atomic E-state index is 12.6. The summed E-state index contributed by atoms with van der Waals surface area (Å²) in [6.07, 6.45) is 2.64. The summed E-state index contributed by atoms with van der Waals surface area (Å²) in [7, 11) is 0. The van der Waals surface area contributed by atoms with E-state index in [-0.39, 0.29) is 18.0 Å². The van der Waals surface area contributed by atoms with Crippen molar-refractivity contribution in [3.05, 3.63) is 28.2 Å². The number of fused-ring (bicyclic) bond motifs is 1. The van der Waals surface area contributed by atoms with E-state index >= 15 is 0 Å². The summed E-state index contributed by atoms with van der Waals surface area (Å²) in [5.41, 5.74) is 0.539. The molecule has 0 radical (unpaired) electrons. The molecule has 2 aliphatic rings. The van der Waals surface area contributed by atoms with Gasteiger partial charge in [0.25, 0.3) is 0 Å². The summed E-state index contributed by atoms with van der Waals surface area (Å²) >= 11 is 3.49. The molecule has 0 spiro atoms. The van der Waals surface area contributed by atoms with E-state index in [9.17, 15) is 9.59 Å². The van der Waals surface area contributed by atoms with Crippen LogP contribution in [0, 0.1) is 5.92 Å². The smallest absolute Gasteiger partial charge is 0.410 e. The van der Waals surface area contributed by atoms with Gasteiger partial charge in [-0.15, -0.1) is 0 Å². The molecule has 3 rings (SSSR count). The molecule has 154 valence electrons. The molecule has 6 nitrogen and oxygen atoms in total. The minimum atomic E-state index is -0.483. The minimum absolute atomic E-state index is 0.0180. The Bertz CT molecular complexity index is 724. The Hall–Kier alpha value is -1.76. The number of hydrogen-bond donors (Lipinski definition) is 1. The molecular weight excluding hydrogens is 424 g/mol. The fourth-order valence-corrected chi connectivity index (χ4v) is 4.06. The van der Waals surface area contributed by atoms with Crippen LogP contribution >= 0.6 is 15.9 Å². The Morgan fingerprint density at radius 3 is 2.64 bits per heavy atom. The maximum absolute atomic E-state index is 12.6. The first-order valence-corrected chi connectivity index (χ1v) is 10.7. The van der Waals surface area contributed by atoms with Gasteiger partial charge < -0.3 is 19.7 Å². The Morgan fingerprint density at radius 1 is 1.25 bits per heavy atom. The summed E-state index contributed by atoms with van der Waals surface area (Å²) < 4.78 is 12.1. The van der Waals surface area contributed by atoms with Crippen molar-refractivity contribution < 1.29 is 19.1 Å². The lowest BCUT2D eigenvalue weighted by atomic mass is 9.92. The number of piperidine rings is 1. The van der Waals surface area contributed by atoms with Crippen molar-refractivity contribution in [3.63, 3.8) is 0 Å². The van der Waals surface area contributed by atoms with Crippen LogP contribution in [0.4, 0.5) is 4.79 Å². The van der Waals surface area contributed by atoms with E-state index in [0.717, 1.165) is 35.0 Å². The maximum Gasteiger partial charge on any atom is 0.410 e. The highest BCUT2D eigenvalue weighted by Gasteiger charge is 2.29. The molecule has 2 heterocycles. The van der Waals surface area contributed by atoms with E-state index < -0.39 is 5.60 Å². The largest absolute Gasteiger partial charge is 0.493 e. The number of carbonyl (C=O) groups excluding carboxylic acids is 2. The van der Waals surface area contributed by atoms with Crippen molar-refractivity contribution in [2.24, 2.45) is 5.92 Å². The van der Waals surface area contributed by atoms with Gasteiger partial charge in [0.1, 0.15) is 11.4 Å². The Kier molecular flexibility index (Phi) is 6.53. The van der Waals surface area contributed by atoms with E-state index in [0.29, 0.717) is 32.0 Å². The van der Waals surface area contributed by atoms with Gasteiger partial charge in [-0.1, -0.05) is 15.9 Å². The third kappa shape index (κ3) is 5.63. The predicted molar refractivity (Wildman–Crippen MR) is 110 cm³/mol. The zero-order chi connectivity index (χ0) is 20.3. The van der Waals surface area contributed by atoms with E-state index in [4.69, 9.17) is 9.47 Å². The molecular formula is C21H29BrN2O4. The Labute approximate surface area is 175 Å². The van der Waals surface area contributed by atoms with Crippen molar-refractivity contribution in [2.75, 3.05) is 19.7 Å². The molecule has 1 saturated heterocycles. The van der Waals surface area contributed by atoms with E-state index in [1.165, 1.54) is 0 Å². The van der Waals surface area contributed by atoms with Crippen LogP contribution in [0.15, 0.2) is 22.7 Å². The van der Waals surface area contributed by atoms with Gasteiger partial charge in [-0.3, -0.25) is 4.79 Å². The Balaban J connectivity index is 1.48. The fraction of sp³-hybridized carbons (Fsp3) is 0.619. The topological polar surface area (TPSA) is 67.9 Å². The third-order valence-corrected chi connectivity index (χ3v) is 5.58. The molecule has 1 N–H and O–H groups in total. The normalized spacial score (nSPS) is 20.1. The average Bonchev–Trinajstić information content (AvgIpc) is 2.61. The standard InChI is InChI=1S/C21H29BrN2O4/c1-21(2,3)28-20(26)24-9-6-14(7-10-24)12-19(25)23-17-8-11-27-18-5-4-15(22)13-16(17)18/h4-5,13-14,17H,6-12H2,1-3H3,(H,23,25). The Morgan fingerprint density at radius 2 is 1.96 bits per heavy atom. The van der Waals surface area contributed by atoms with Crippen molar-refractivity contribution in [2.45, 2.75) is 58.1 Å². The molecule has 1 fully saturated rings. The third-order valence-electron chi connectivity index (χ3n) is 5.09. The van der Waals surface area contributed by atoms with Gasteiger partial charge in [-0.05, 0) is 57.7 Å². The number of halogens is 1.